The smallest absolute Gasteiger partial charge is 0.310 e. The number of hydrogen-bond acceptors (Lipinski definition) is 4. The van der Waals surface area contributed by atoms with Gasteiger partial charge in [-0.05, 0) is 18.4 Å². The van der Waals surface area contributed by atoms with Gasteiger partial charge in [0.15, 0.2) is 0 Å². The van der Waals surface area contributed by atoms with Gasteiger partial charge < -0.3 is 10.2 Å². The van der Waals surface area contributed by atoms with Gasteiger partial charge in [-0.2, -0.15) is 0 Å². The summed E-state index contributed by atoms with van der Waals surface area (Å²) in [6, 6.07) is 9.81. The Balaban J connectivity index is 1.61. The fourth-order valence-electron chi connectivity index (χ4n) is 3.72. The Labute approximate surface area is 147 Å². The van der Waals surface area contributed by atoms with Gasteiger partial charge in [-0.15, -0.1) is 5.10 Å². The van der Waals surface area contributed by atoms with E-state index in [-0.39, 0.29) is 0 Å². The number of aliphatic hydroxyl groups is 1. The van der Waals surface area contributed by atoms with Crippen molar-refractivity contribution in [1.82, 2.24) is 15.0 Å². The first-order chi connectivity index (χ1) is 12.1. The lowest BCUT2D eigenvalue weighted by molar-refractivity contribution is -0.151. The summed E-state index contributed by atoms with van der Waals surface area (Å²) in [7, 11) is 0. The molecule has 0 bridgehead atoms. The molecule has 0 radical (unpaired) electrons. The van der Waals surface area contributed by atoms with Crippen LogP contribution in [0.5, 0.6) is 0 Å². The van der Waals surface area contributed by atoms with Gasteiger partial charge in [0, 0.05) is 19.0 Å². The van der Waals surface area contributed by atoms with Crippen LogP contribution in [0.25, 0.3) is 0 Å². The second-order valence-corrected chi connectivity index (χ2v) is 7.10. The van der Waals surface area contributed by atoms with Gasteiger partial charge in [0.25, 0.3) is 0 Å². The van der Waals surface area contributed by atoms with E-state index in [0.717, 1.165) is 24.8 Å². The summed E-state index contributed by atoms with van der Waals surface area (Å²) in [6.45, 7) is 0.349. The third kappa shape index (κ3) is 4.45. The Hall–Kier alpha value is -2.21. The van der Waals surface area contributed by atoms with Gasteiger partial charge in [0.05, 0.1) is 23.8 Å². The molecule has 0 aliphatic heterocycles. The van der Waals surface area contributed by atoms with Crippen LogP contribution in [0.15, 0.2) is 36.5 Å². The predicted molar refractivity (Wildman–Crippen MR) is 93.0 cm³/mol. The number of carboxylic acid groups (broad SMARTS) is 1. The Bertz CT molecular complexity index is 693. The molecule has 1 atom stereocenters. The van der Waals surface area contributed by atoms with Crippen molar-refractivity contribution in [1.29, 1.82) is 0 Å². The number of nitrogens with zero attached hydrogens (tertiary/aromatic N) is 3. The van der Waals surface area contributed by atoms with E-state index in [1.54, 1.807) is 10.9 Å². The standard InChI is InChI=1S/C19H25N3O3/c23-17(11-15-7-3-1-4-8-15)14-22-13-16(20-21-22)12-19(18(24)25)9-5-2-6-10-19/h1,3-4,7-8,13,17,23H,2,5-6,9-12,14H2,(H,24,25). The monoisotopic (exact) mass is 343 g/mol. The zero-order chi connectivity index (χ0) is 17.7. The molecule has 3 rings (SSSR count). The summed E-state index contributed by atoms with van der Waals surface area (Å²) < 4.78 is 1.61. The Morgan fingerprint density at radius 2 is 1.92 bits per heavy atom. The number of carbonyl (C=O) groups is 1. The molecule has 134 valence electrons. The molecule has 1 heterocycles. The third-order valence-electron chi connectivity index (χ3n) is 5.08. The van der Waals surface area contributed by atoms with Gasteiger partial charge in [-0.3, -0.25) is 4.79 Å². The Morgan fingerprint density at radius 3 is 2.60 bits per heavy atom. The zero-order valence-corrected chi connectivity index (χ0v) is 14.3. The van der Waals surface area contributed by atoms with Crippen LogP contribution < -0.4 is 0 Å². The average Bonchev–Trinajstić information content (AvgIpc) is 3.03. The van der Waals surface area contributed by atoms with E-state index in [4.69, 9.17) is 0 Å². The molecular formula is C19H25N3O3. The normalized spacial score (nSPS) is 18.0. The maximum Gasteiger partial charge on any atom is 0.310 e. The molecule has 1 aliphatic carbocycles. The van der Waals surface area contributed by atoms with Crippen LogP contribution in [0.3, 0.4) is 0 Å². The number of aliphatic hydroxyl groups excluding tert-OH is 1. The number of aromatic nitrogens is 3. The molecule has 2 N–H and O–H groups in total. The van der Waals surface area contributed by atoms with Gasteiger partial charge in [-0.25, -0.2) is 4.68 Å². The first-order valence-electron chi connectivity index (χ1n) is 8.92. The largest absolute Gasteiger partial charge is 0.481 e. The minimum Gasteiger partial charge on any atom is -0.481 e. The number of benzene rings is 1. The summed E-state index contributed by atoms with van der Waals surface area (Å²) in [5.74, 6) is -0.731. The summed E-state index contributed by atoms with van der Waals surface area (Å²) in [5.41, 5.74) is 1.06. The molecule has 1 fully saturated rings. The Morgan fingerprint density at radius 1 is 1.20 bits per heavy atom. The molecular weight excluding hydrogens is 318 g/mol. The first kappa shape index (κ1) is 17.6. The van der Waals surface area contributed by atoms with Crippen LogP contribution in [0, 0.1) is 5.41 Å². The van der Waals surface area contributed by atoms with Crippen LogP contribution in [-0.4, -0.2) is 37.3 Å². The summed E-state index contributed by atoms with van der Waals surface area (Å²) >= 11 is 0. The van der Waals surface area contributed by atoms with Crippen molar-refractivity contribution >= 4 is 5.97 Å². The predicted octanol–water partition coefficient (Wildman–Crippen LogP) is 2.46. The quantitative estimate of drug-likeness (QED) is 0.806. The van der Waals surface area contributed by atoms with E-state index in [9.17, 15) is 15.0 Å². The lowest BCUT2D eigenvalue weighted by Gasteiger charge is -2.32. The van der Waals surface area contributed by atoms with E-state index in [0.29, 0.717) is 37.9 Å². The lowest BCUT2D eigenvalue weighted by Crippen LogP contribution is -2.35. The van der Waals surface area contributed by atoms with Crippen LogP contribution in [0.1, 0.15) is 43.4 Å². The number of carboxylic acids is 1. The van der Waals surface area contributed by atoms with Gasteiger partial charge in [0.1, 0.15) is 0 Å². The van der Waals surface area contributed by atoms with Crippen molar-refractivity contribution in [3.05, 3.63) is 47.8 Å². The SMILES string of the molecule is O=C(O)C1(Cc2cn(CC(O)Cc3ccccc3)nn2)CCCCC1. The molecule has 0 spiro atoms. The molecule has 6 nitrogen and oxygen atoms in total. The van der Waals surface area contributed by atoms with Gasteiger partial charge in [0.2, 0.25) is 0 Å². The number of aliphatic carboxylic acids is 1. The first-order valence-corrected chi connectivity index (χ1v) is 8.92. The van der Waals surface area contributed by atoms with E-state index in [2.05, 4.69) is 10.3 Å². The average molecular weight is 343 g/mol. The molecule has 0 saturated heterocycles. The van der Waals surface area contributed by atoms with Crippen molar-refractivity contribution in [2.45, 2.75) is 57.6 Å². The van der Waals surface area contributed by atoms with Gasteiger partial charge in [-0.1, -0.05) is 54.8 Å². The molecule has 1 unspecified atom stereocenters. The third-order valence-corrected chi connectivity index (χ3v) is 5.08. The molecule has 1 aliphatic rings. The molecule has 25 heavy (non-hydrogen) atoms. The highest BCUT2D eigenvalue weighted by Crippen LogP contribution is 2.39. The highest BCUT2D eigenvalue weighted by Gasteiger charge is 2.40. The van der Waals surface area contributed by atoms with Crippen LogP contribution >= 0.6 is 0 Å². The molecule has 6 heteroatoms. The van der Waals surface area contributed by atoms with Crippen molar-refractivity contribution < 1.29 is 15.0 Å². The van der Waals surface area contributed by atoms with Crippen molar-refractivity contribution in [3.63, 3.8) is 0 Å². The highest BCUT2D eigenvalue weighted by atomic mass is 16.4. The molecule has 1 aromatic heterocycles. The van der Waals surface area contributed by atoms with Crippen molar-refractivity contribution in [3.8, 4) is 0 Å². The number of rotatable bonds is 7. The topological polar surface area (TPSA) is 88.2 Å². The van der Waals surface area contributed by atoms with Crippen LogP contribution in [0.4, 0.5) is 0 Å². The van der Waals surface area contributed by atoms with Gasteiger partial charge >= 0.3 is 5.97 Å². The summed E-state index contributed by atoms with van der Waals surface area (Å²) in [5, 5.41) is 28.1. The van der Waals surface area contributed by atoms with Crippen molar-refractivity contribution in [2.75, 3.05) is 0 Å². The molecule has 0 amide bonds. The van der Waals surface area contributed by atoms with Crippen LogP contribution in [0.2, 0.25) is 0 Å². The molecule has 2 aromatic rings. The van der Waals surface area contributed by atoms with Crippen molar-refractivity contribution in [2.24, 2.45) is 5.41 Å². The molecule has 1 saturated carbocycles. The van der Waals surface area contributed by atoms with E-state index in [1.807, 2.05) is 30.3 Å². The Kier molecular flexibility index (Phi) is 5.48. The second kappa shape index (κ2) is 7.78. The fraction of sp³-hybridized carbons (Fsp3) is 0.526. The van der Waals surface area contributed by atoms with E-state index < -0.39 is 17.5 Å². The van der Waals surface area contributed by atoms with E-state index >= 15 is 0 Å². The highest BCUT2D eigenvalue weighted by molar-refractivity contribution is 5.75. The summed E-state index contributed by atoms with van der Waals surface area (Å²) in [4.78, 5) is 11.8. The number of hydrogen-bond donors (Lipinski definition) is 2. The molecule has 1 aromatic carbocycles. The summed E-state index contributed by atoms with van der Waals surface area (Å²) in [6.07, 6.45) is 6.59. The maximum atomic E-state index is 11.8. The maximum absolute atomic E-state index is 11.8. The lowest BCUT2D eigenvalue weighted by atomic mass is 9.71. The minimum absolute atomic E-state index is 0.349. The van der Waals surface area contributed by atoms with E-state index in [1.165, 1.54) is 0 Å². The minimum atomic E-state index is -0.731. The fourth-order valence-corrected chi connectivity index (χ4v) is 3.72. The second-order valence-electron chi connectivity index (χ2n) is 7.10. The zero-order valence-electron chi connectivity index (χ0n) is 14.3. The van der Waals surface area contributed by atoms with Crippen LogP contribution in [-0.2, 0) is 24.2 Å².